The molecule has 1 amide bonds. The Bertz CT molecular complexity index is 819. The second kappa shape index (κ2) is 7.23. The molecule has 2 rings (SSSR count). The van der Waals surface area contributed by atoms with Gasteiger partial charge in [-0.2, -0.15) is 5.10 Å². The molecule has 0 saturated heterocycles. The van der Waals surface area contributed by atoms with Crippen LogP contribution in [0.2, 0.25) is 5.02 Å². The molecule has 0 saturated carbocycles. The van der Waals surface area contributed by atoms with Crippen molar-refractivity contribution in [2.45, 2.75) is 13.8 Å². The summed E-state index contributed by atoms with van der Waals surface area (Å²) in [6.07, 6.45) is 1.32. The van der Waals surface area contributed by atoms with Gasteiger partial charge in [0.15, 0.2) is 11.5 Å². The third-order valence-electron chi connectivity index (χ3n) is 3.51. The van der Waals surface area contributed by atoms with E-state index in [1.807, 2.05) is 0 Å². The Kier molecular flexibility index (Phi) is 5.31. The Balaban J connectivity index is 2.16. The number of nitrogens with zero attached hydrogens (tertiary/aromatic N) is 1. The molecule has 7 heteroatoms. The number of aryl methyl sites for hydroxylation is 1. The number of ether oxygens (including phenoxy) is 1. The molecular formula is C17H17ClN2O4. The van der Waals surface area contributed by atoms with E-state index in [0.29, 0.717) is 16.1 Å². The van der Waals surface area contributed by atoms with Crippen LogP contribution < -0.4 is 10.2 Å². The molecule has 0 aliphatic carbocycles. The zero-order valence-electron chi connectivity index (χ0n) is 13.4. The van der Waals surface area contributed by atoms with E-state index in [2.05, 4.69) is 10.5 Å². The second-order valence-electron chi connectivity index (χ2n) is 5.15. The smallest absolute Gasteiger partial charge is 0.271 e. The van der Waals surface area contributed by atoms with Crippen molar-refractivity contribution in [1.29, 1.82) is 0 Å². The Labute approximate surface area is 144 Å². The maximum Gasteiger partial charge on any atom is 0.271 e. The van der Waals surface area contributed by atoms with E-state index in [1.165, 1.54) is 37.6 Å². The summed E-state index contributed by atoms with van der Waals surface area (Å²) in [6, 6.07) is 5.77. The van der Waals surface area contributed by atoms with Crippen LogP contribution in [0.15, 0.2) is 29.4 Å². The summed E-state index contributed by atoms with van der Waals surface area (Å²) in [5, 5.41) is 24.0. The Morgan fingerprint density at radius 1 is 1.25 bits per heavy atom. The molecular weight excluding hydrogens is 332 g/mol. The van der Waals surface area contributed by atoms with Gasteiger partial charge in [-0.15, -0.1) is 0 Å². The van der Waals surface area contributed by atoms with Crippen LogP contribution >= 0.6 is 11.6 Å². The lowest BCUT2D eigenvalue weighted by Gasteiger charge is -2.09. The molecule has 2 aromatic carbocycles. The fourth-order valence-corrected chi connectivity index (χ4v) is 2.32. The van der Waals surface area contributed by atoms with Gasteiger partial charge in [0.05, 0.1) is 13.3 Å². The van der Waals surface area contributed by atoms with Crippen molar-refractivity contribution in [3.8, 4) is 17.2 Å². The lowest BCUT2D eigenvalue weighted by atomic mass is 10.1. The average molecular weight is 349 g/mol. The minimum Gasteiger partial charge on any atom is -0.507 e. The molecule has 0 unspecified atom stereocenters. The molecule has 2 aromatic rings. The molecule has 24 heavy (non-hydrogen) atoms. The lowest BCUT2D eigenvalue weighted by Crippen LogP contribution is -2.17. The third-order valence-corrected chi connectivity index (χ3v) is 4.09. The number of hydrogen-bond donors (Lipinski definition) is 3. The number of halogens is 1. The van der Waals surface area contributed by atoms with Crippen LogP contribution in [0.25, 0.3) is 0 Å². The first-order chi connectivity index (χ1) is 11.3. The predicted octanol–water partition coefficient (Wildman–Crippen LogP) is 3.14. The van der Waals surface area contributed by atoms with Gasteiger partial charge in [-0.1, -0.05) is 11.6 Å². The number of methoxy groups -OCH3 is 1. The largest absolute Gasteiger partial charge is 0.507 e. The highest BCUT2D eigenvalue weighted by atomic mass is 35.5. The van der Waals surface area contributed by atoms with Gasteiger partial charge >= 0.3 is 0 Å². The first kappa shape index (κ1) is 17.6. The van der Waals surface area contributed by atoms with Crippen molar-refractivity contribution in [3.05, 3.63) is 51.5 Å². The van der Waals surface area contributed by atoms with E-state index >= 15 is 0 Å². The Morgan fingerprint density at radius 2 is 1.96 bits per heavy atom. The molecule has 0 atom stereocenters. The van der Waals surface area contributed by atoms with Gasteiger partial charge < -0.3 is 14.9 Å². The number of rotatable bonds is 4. The molecule has 0 spiro atoms. The quantitative estimate of drug-likeness (QED) is 0.584. The summed E-state index contributed by atoms with van der Waals surface area (Å²) in [5.41, 5.74) is 4.37. The molecule has 0 heterocycles. The molecule has 126 valence electrons. The highest BCUT2D eigenvalue weighted by Crippen LogP contribution is 2.29. The Morgan fingerprint density at radius 3 is 2.58 bits per heavy atom. The van der Waals surface area contributed by atoms with E-state index in [0.717, 1.165) is 5.56 Å². The third kappa shape index (κ3) is 3.60. The maximum absolute atomic E-state index is 12.0. The molecule has 0 bridgehead atoms. The van der Waals surface area contributed by atoms with E-state index in [-0.39, 0.29) is 22.8 Å². The van der Waals surface area contributed by atoms with Crippen molar-refractivity contribution < 1.29 is 19.7 Å². The van der Waals surface area contributed by atoms with Crippen molar-refractivity contribution in [1.82, 2.24) is 5.43 Å². The van der Waals surface area contributed by atoms with Gasteiger partial charge in [0.1, 0.15) is 5.75 Å². The summed E-state index contributed by atoms with van der Waals surface area (Å²) in [6.45, 7) is 3.54. The van der Waals surface area contributed by atoms with E-state index < -0.39 is 5.91 Å². The van der Waals surface area contributed by atoms with Crippen molar-refractivity contribution in [2.24, 2.45) is 5.10 Å². The molecule has 0 radical (unpaired) electrons. The number of aromatic hydroxyl groups is 2. The summed E-state index contributed by atoms with van der Waals surface area (Å²) in [7, 11) is 1.42. The van der Waals surface area contributed by atoms with Crippen LogP contribution in [0.4, 0.5) is 0 Å². The number of hydrazone groups is 1. The summed E-state index contributed by atoms with van der Waals surface area (Å²) >= 11 is 6.14. The highest BCUT2D eigenvalue weighted by molar-refractivity contribution is 6.32. The Hall–Kier alpha value is -2.73. The molecule has 6 nitrogen and oxygen atoms in total. The normalized spacial score (nSPS) is 10.8. The topological polar surface area (TPSA) is 91.2 Å². The molecule has 0 aliphatic heterocycles. The summed E-state index contributed by atoms with van der Waals surface area (Å²) in [5.74, 6) is -0.369. The molecule has 0 aromatic heterocycles. The van der Waals surface area contributed by atoms with Crippen molar-refractivity contribution >= 4 is 23.7 Å². The first-order valence-corrected chi connectivity index (χ1v) is 7.42. The van der Waals surface area contributed by atoms with E-state index in [4.69, 9.17) is 16.3 Å². The highest BCUT2D eigenvalue weighted by Gasteiger charge is 2.11. The minimum atomic E-state index is -0.514. The van der Waals surface area contributed by atoms with Gasteiger partial charge in [0.2, 0.25) is 0 Å². The van der Waals surface area contributed by atoms with Crippen molar-refractivity contribution in [3.63, 3.8) is 0 Å². The summed E-state index contributed by atoms with van der Waals surface area (Å²) < 4.78 is 4.91. The van der Waals surface area contributed by atoms with Gasteiger partial charge in [0.25, 0.3) is 5.91 Å². The number of nitrogens with one attached hydrogen (secondary N) is 1. The first-order valence-electron chi connectivity index (χ1n) is 7.04. The van der Waals surface area contributed by atoms with Crippen LogP contribution in [-0.4, -0.2) is 29.4 Å². The van der Waals surface area contributed by atoms with Gasteiger partial charge in [-0.05, 0) is 49.2 Å². The van der Waals surface area contributed by atoms with Crippen LogP contribution in [0, 0.1) is 13.8 Å². The van der Waals surface area contributed by atoms with Crippen molar-refractivity contribution in [2.75, 3.05) is 7.11 Å². The number of amides is 1. The maximum atomic E-state index is 12.0. The molecule has 0 fully saturated rings. The van der Waals surface area contributed by atoms with E-state index in [1.54, 1.807) is 13.8 Å². The lowest BCUT2D eigenvalue weighted by molar-refractivity contribution is 0.0954. The fraction of sp³-hybridized carbons (Fsp3) is 0.176. The van der Waals surface area contributed by atoms with Crippen LogP contribution in [-0.2, 0) is 0 Å². The zero-order valence-corrected chi connectivity index (χ0v) is 14.2. The summed E-state index contributed by atoms with van der Waals surface area (Å²) in [4.78, 5) is 12.0. The van der Waals surface area contributed by atoms with Crippen LogP contribution in [0.5, 0.6) is 17.2 Å². The number of carbonyl (C=O) groups excluding carboxylic acids is 1. The van der Waals surface area contributed by atoms with Gasteiger partial charge in [0, 0.05) is 16.1 Å². The monoisotopic (exact) mass is 348 g/mol. The zero-order chi connectivity index (χ0) is 17.9. The SMILES string of the molecule is COc1ccc(C(=O)NN=Cc2c(O)cc(C)c(Cl)c2C)cc1O. The molecule has 0 aliphatic rings. The minimum absolute atomic E-state index is 0.0227. The van der Waals surface area contributed by atoms with Crippen LogP contribution in [0.1, 0.15) is 27.0 Å². The number of hydrogen-bond acceptors (Lipinski definition) is 5. The standard InChI is InChI=1S/C17H17ClN2O4/c1-9-6-13(21)12(10(2)16(9)18)8-19-20-17(23)11-4-5-15(24-3)14(22)7-11/h4-8,21-22H,1-3H3,(H,20,23). The van der Waals surface area contributed by atoms with Crippen LogP contribution in [0.3, 0.4) is 0 Å². The predicted molar refractivity (Wildman–Crippen MR) is 92.3 cm³/mol. The number of phenols is 2. The number of benzene rings is 2. The second-order valence-corrected chi connectivity index (χ2v) is 5.53. The van der Waals surface area contributed by atoms with Gasteiger partial charge in [-0.25, -0.2) is 5.43 Å². The van der Waals surface area contributed by atoms with Gasteiger partial charge in [-0.3, -0.25) is 4.79 Å². The average Bonchev–Trinajstić information content (AvgIpc) is 2.55. The van der Waals surface area contributed by atoms with E-state index in [9.17, 15) is 15.0 Å². The molecule has 3 N–H and O–H groups in total. The number of phenolic OH excluding ortho intramolecular Hbond substituents is 2. The fourth-order valence-electron chi connectivity index (χ4n) is 2.17. The number of carbonyl (C=O) groups is 1.